The van der Waals surface area contributed by atoms with E-state index in [9.17, 15) is 4.79 Å². The smallest absolute Gasteiger partial charge is 0.340 e. The number of hydrogen-bond donors (Lipinski definition) is 2. The molecule has 2 aromatic rings. The van der Waals surface area contributed by atoms with Crippen LogP contribution in [0.2, 0.25) is 0 Å². The maximum atomic E-state index is 12.4. The number of esters is 1. The molecule has 26 heavy (non-hydrogen) atoms. The van der Waals surface area contributed by atoms with E-state index < -0.39 is 5.97 Å². The fourth-order valence-corrected chi connectivity index (χ4v) is 2.28. The number of allylic oxidation sites excluding steroid dienone is 4. The van der Waals surface area contributed by atoms with Gasteiger partial charge in [-0.1, -0.05) is 68.1 Å². The van der Waals surface area contributed by atoms with Gasteiger partial charge >= 0.3 is 5.97 Å². The van der Waals surface area contributed by atoms with E-state index in [1.165, 1.54) is 0 Å². The first kappa shape index (κ1) is 19.1. The van der Waals surface area contributed by atoms with Gasteiger partial charge in [-0.2, -0.15) is 0 Å². The maximum Gasteiger partial charge on any atom is 0.340 e. The number of para-hydroxylation sites is 1. The van der Waals surface area contributed by atoms with Gasteiger partial charge in [0, 0.05) is 0 Å². The highest BCUT2D eigenvalue weighted by molar-refractivity contribution is 5.95. The Morgan fingerprint density at radius 2 is 1.85 bits per heavy atom. The van der Waals surface area contributed by atoms with Crippen LogP contribution in [0.25, 0.3) is 0 Å². The highest BCUT2D eigenvalue weighted by Gasteiger charge is 2.12. The van der Waals surface area contributed by atoms with Gasteiger partial charge in [0.2, 0.25) is 0 Å². The molecule has 4 heteroatoms. The molecule has 134 valence electrons. The van der Waals surface area contributed by atoms with E-state index in [1.807, 2.05) is 55.5 Å². The zero-order valence-electron chi connectivity index (χ0n) is 14.9. The number of hydrogen-bond acceptors (Lipinski definition) is 4. The Kier molecular flexibility index (Phi) is 7.25. The van der Waals surface area contributed by atoms with Gasteiger partial charge < -0.3 is 15.8 Å². The Morgan fingerprint density at radius 1 is 1.15 bits per heavy atom. The van der Waals surface area contributed by atoms with Crippen molar-refractivity contribution >= 4 is 11.7 Å². The summed E-state index contributed by atoms with van der Waals surface area (Å²) in [5, 5.41) is 3.04. The van der Waals surface area contributed by atoms with Crippen molar-refractivity contribution in [1.29, 1.82) is 0 Å². The molecule has 0 atom stereocenters. The quantitative estimate of drug-likeness (QED) is 0.532. The second-order valence-corrected chi connectivity index (χ2v) is 5.72. The highest BCUT2D eigenvalue weighted by Crippen LogP contribution is 2.18. The molecule has 4 nitrogen and oxygen atoms in total. The third-order valence-electron chi connectivity index (χ3n) is 3.55. The molecule has 0 aliphatic heterocycles. The molecule has 3 N–H and O–H groups in total. The van der Waals surface area contributed by atoms with Crippen molar-refractivity contribution in [1.82, 2.24) is 0 Å². The predicted octanol–water partition coefficient (Wildman–Crippen LogP) is 4.78. The fourth-order valence-electron chi connectivity index (χ4n) is 2.28. The molecule has 0 spiro atoms. The van der Waals surface area contributed by atoms with Crippen molar-refractivity contribution in [3.8, 4) is 0 Å². The minimum absolute atomic E-state index is 0.220. The monoisotopic (exact) mass is 348 g/mol. The van der Waals surface area contributed by atoms with E-state index >= 15 is 0 Å². The Balaban J connectivity index is 2.06. The summed E-state index contributed by atoms with van der Waals surface area (Å²) in [4.78, 5) is 12.4. The first-order valence-corrected chi connectivity index (χ1v) is 8.50. The lowest BCUT2D eigenvalue weighted by atomic mass is 10.1. The first-order valence-electron chi connectivity index (χ1n) is 8.50. The van der Waals surface area contributed by atoms with Crippen LogP contribution in [0.3, 0.4) is 0 Å². The van der Waals surface area contributed by atoms with Crippen molar-refractivity contribution in [2.45, 2.75) is 20.0 Å². The lowest BCUT2D eigenvalue weighted by Gasteiger charge is -2.12. The van der Waals surface area contributed by atoms with E-state index in [4.69, 9.17) is 10.5 Å². The van der Waals surface area contributed by atoms with Gasteiger partial charge in [-0.25, -0.2) is 4.79 Å². The summed E-state index contributed by atoms with van der Waals surface area (Å²) in [6.45, 7) is 6.19. The van der Waals surface area contributed by atoms with Gasteiger partial charge in [0.05, 0.1) is 11.3 Å². The molecule has 0 bridgehead atoms. The second-order valence-electron chi connectivity index (χ2n) is 5.72. The molecule has 0 aliphatic carbocycles. The minimum Gasteiger partial charge on any atom is -0.457 e. The lowest BCUT2D eigenvalue weighted by molar-refractivity contribution is 0.0474. The number of anilines is 1. The molecule has 0 saturated heterocycles. The molecule has 2 aromatic carbocycles. The van der Waals surface area contributed by atoms with Crippen molar-refractivity contribution in [2.24, 2.45) is 5.73 Å². The molecule has 0 aliphatic rings. The summed E-state index contributed by atoms with van der Waals surface area (Å²) >= 11 is 0. The number of nitrogens with one attached hydrogen (secondary N) is 1. The van der Waals surface area contributed by atoms with Crippen LogP contribution in [-0.2, 0) is 11.3 Å². The average Bonchev–Trinajstić information content (AvgIpc) is 2.65. The highest BCUT2D eigenvalue weighted by atomic mass is 16.5. The third kappa shape index (κ3) is 5.98. The summed E-state index contributed by atoms with van der Waals surface area (Å²) in [6.07, 6.45) is 6.55. The zero-order valence-corrected chi connectivity index (χ0v) is 14.9. The zero-order chi connectivity index (χ0) is 18.8. The Morgan fingerprint density at radius 3 is 2.58 bits per heavy atom. The number of rotatable bonds is 8. The fraction of sp³-hybridized carbons (Fsp3) is 0.136. The molecule has 0 saturated carbocycles. The standard InChI is InChI=1S/C22H24N2O2/c1-3-4-10-17(2)15-21(23)24-20-14-9-8-13-19(20)22(25)26-16-18-11-6-5-7-12-18/h4-15,24H,2-3,16,23H2,1H3/b10-4-,21-15-. The molecule has 0 heterocycles. The molecule has 0 amide bonds. The van der Waals surface area contributed by atoms with Crippen LogP contribution in [0.1, 0.15) is 29.3 Å². The normalized spacial score (nSPS) is 11.3. The van der Waals surface area contributed by atoms with Gasteiger partial charge in [-0.15, -0.1) is 0 Å². The molecule has 0 radical (unpaired) electrons. The summed E-state index contributed by atoms with van der Waals surface area (Å²) < 4.78 is 5.40. The van der Waals surface area contributed by atoms with Gasteiger partial charge in [0.15, 0.2) is 0 Å². The third-order valence-corrected chi connectivity index (χ3v) is 3.55. The molecule has 2 rings (SSSR count). The van der Waals surface area contributed by atoms with E-state index in [2.05, 4.69) is 11.9 Å². The Hall–Kier alpha value is -3.27. The van der Waals surface area contributed by atoms with Crippen LogP contribution in [0.4, 0.5) is 5.69 Å². The number of ether oxygens (including phenoxy) is 1. The Labute approximate surface area is 154 Å². The van der Waals surface area contributed by atoms with Gasteiger partial charge in [0.25, 0.3) is 0 Å². The van der Waals surface area contributed by atoms with Gasteiger partial charge in [0.1, 0.15) is 12.4 Å². The largest absolute Gasteiger partial charge is 0.457 e. The molecule has 0 fully saturated rings. The van der Waals surface area contributed by atoms with Crippen molar-refractivity contribution in [2.75, 3.05) is 5.32 Å². The van der Waals surface area contributed by atoms with Crippen LogP contribution >= 0.6 is 0 Å². The molecule has 0 unspecified atom stereocenters. The summed E-state index contributed by atoms with van der Waals surface area (Å²) in [5.41, 5.74) is 8.74. The van der Waals surface area contributed by atoms with Gasteiger partial charge in [-0.3, -0.25) is 0 Å². The minimum atomic E-state index is -0.408. The van der Waals surface area contributed by atoms with Gasteiger partial charge in [-0.05, 0) is 35.8 Å². The summed E-state index contributed by atoms with van der Waals surface area (Å²) in [5.74, 6) is -0.00600. The van der Waals surface area contributed by atoms with Crippen molar-refractivity contribution in [3.05, 3.63) is 102 Å². The van der Waals surface area contributed by atoms with Crippen LogP contribution in [-0.4, -0.2) is 5.97 Å². The van der Waals surface area contributed by atoms with Crippen LogP contribution in [0, 0.1) is 0 Å². The summed E-state index contributed by atoms with van der Waals surface area (Å²) in [7, 11) is 0. The average molecular weight is 348 g/mol. The van der Waals surface area contributed by atoms with E-state index in [0.717, 1.165) is 17.6 Å². The van der Waals surface area contributed by atoms with Crippen molar-refractivity contribution in [3.63, 3.8) is 0 Å². The molecular weight excluding hydrogens is 324 g/mol. The van der Waals surface area contributed by atoms with Crippen molar-refractivity contribution < 1.29 is 9.53 Å². The molecule has 0 aromatic heterocycles. The first-order chi connectivity index (χ1) is 12.6. The van der Waals surface area contributed by atoms with E-state index in [0.29, 0.717) is 17.1 Å². The van der Waals surface area contributed by atoms with E-state index in [1.54, 1.807) is 24.3 Å². The number of carbonyl (C=O) groups excluding carboxylic acids is 1. The lowest BCUT2D eigenvalue weighted by Crippen LogP contribution is -2.14. The SMILES string of the molecule is C=C(/C=C\CC)/C=C(/N)Nc1ccccc1C(=O)OCc1ccccc1. The molecular formula is C22H24N2O2. The topological polar surface area (TPSA) is 64.3 Å². The predicted molar refractivity (Wildman–Crippen MR) is 106 cm³/mol. The maximum absolute atomic E-state index is 12.4. The van der Waals surface area contributed by atoms with Crippen LogP contribution in [0.5, 0.6) is 0 Å². The van der Waals surface area contributed by atoms with Crippen LogP contribution < -0.4 is 11.1 Å². The second kappa shape index (κ2) is 9.89. The van der Waals surface area contributed by atoms with E-state index in [-0.39, 0.29) is 6.61 Å². The number of benzene rings is 2. The number of carbonyl (C=O) groups is 1. The summed E-state index contributed by atoms with van der Waals surface area (Å²) in [6, 6.07) is 16.7. The van der Waals surface area contributed by atoms with Crippen LogP contribution in [0.15, 0.2) is 90.8 Å². The Bertz CT molecular complexity index is 808. The number of nitrogens with two attached hydrogens (primary N) is 1.